The van der Waals surface area contributed by atoms with Gasteiger partial charge in [-0.15, -0.1) is 0 Å². The molecule has 0 fully saturated rings. The van der Waals surface area contributed by atoms with Gasteiger partial charge in [-0.05, 0) is 47.9 Å². The molecule has 0 unspecified atom stereocenters. The first kappa shape index (κ1) is 16.5. The highest BCUT2D eigenvalue weighted by Crippen LogP contribution is 2.30. The molecule has 25 heavy (non-hydrogen) atoms. The number of aliphatic hydroxyl groups is 1. The van der Waals surface area contributed by atoms with E-state index < -0.39 is 0 Å². The third kappa shape index (κ3) is 2.91. The Morgan fingerprint density at radius 2 is 2.04 bits per heavy atom. The first-order valence-corrected chi connectivity index (χ1v) is 8.80. The Kier molecular flexibility index (Phi) is 4.20. The molecule has 4 nitrogen and oxygen atoms in total. The third-order valence-corrected chi connectivity index (χ3v) is 5.28. The van der Waals surface area contributed by atoms with Crippen LogP contribution in [0.15, 0.2) is 36.4 Å². The molecule has 2 N–H and O–H groups in total. The van der Waals surface area contributed by atoms with Crippen LogP contribution >= 0.6 is 23.2 Å². The summed E-state index contributed by atoms with van der Waals surface area (Å²) in [6, 6.07) is 10.8. The largest absolute Gasteiger partial charge is 0.392 e. The number of nitrogens with one attached hydrogen (secondary N) is 1. The van der Waals surface area contributed by atoms with Crippen molar-refractivity contribution in [2.24, 2.45) is 0 Å². The first-order valence-electron chi connectivity index (χ1n) is 8.04. The third-order valence-electron chi connectivity index (χ3n) is 4.69. The van der Waals surface area contributed by atoms with Gasteiger partial charge < -0.3 is 15.0 Å². The zero-order valence-corrected chi connectivity index (χ0v) is 14.9. The summed E-state index contributed by atoms with van der Waals surface area (Å²) < 4.78 is 0. The van der Waals surface area contributed by atoms with Crippen LogP contribution in [0, 0.1) is 0 Å². The maximum Gasteiger partial charge on any atom is 0.254 e. The SMILES string of the molecule is O=C(c1ccc(CO)c(Cl)c1)N1CCc2c([nH]c3ccc(Cl)cc23)C1. The second kappa shape index (κ2) is 6.37. The van der Waals surface area contributed by atoms with E-state index in [1.165, 1.54) is 5.56 Å². The lowest BCUT2D eigenvalue weighted by Crippen LogP contribution is -2.35. The topological polar surface area (TPSA) is 56.3 Å². The average molecular weight is 375 g/mol. The van der Waals surface area contributed by atoms with E-state index in [9.17, 15) is 9.90 Å². The molecule has 0 radical (unpaired) electrons. The number of hydrogen-bond donors (Lipinski definition) is 2. The average Bonchev–Trinajstić information content (AvgIpc) is 2.98. The number of benzene rings is 2. The van der Waals surface area contributed by atoms with Gasteiger partial charge in [-0.3, -0.25) is 4.79 Å². The fourth-order valence-corrected chi connectivity index (χ4v) is 3.79. The Labute approximate surface area is 155 Å². The normalized spacial score (nSPS) is 14.0. The van der Waals surface area contributed by atoms with E-state index in [0.717, 1.165) is 23.0 Å². The van der Waals surface area contributed by atoms with Crippen molar-refractivity contribution >= 4 is 40.0 Å². The van der Waals surface area contributed by atoms with Crippen LogP contribution in [0.1, 0.15) is 27.2 Å². The van der Waals surface area contributed by atoms with Crippen molar-refractivity contribution in [2.75, 3.05) is 6.54 Å². The fraction of sp³-hybridized carbons (Fsp3) is 0.211. The Balaban J connectivity index is 1.62. The van der Waals surface area contributed by atoms with Gasteiger partial charge in [0.25, 0.3) is 5.91 Å². The van der Waals surface area contributed by atoms with Crippen molar-refractivity contribution in [1.82, 2.24) is 9.88 Å². The predicted molar refractivity (Wildman–Crippen MR) is 99.1 cm³/mol. The second-order valence-electron chi connectivity index (χ2n) is 6.21. The Morgan fingerprint density at radius 3 is 2.80 bits per heavy atom. The van der Waals surface area contributed by atoms with Gasteiger partial charge in [0.15, 0.2) is 0 Å². The summed E-state index contributed by atoms with van der Waals surface area (Å²) >= 11 is 12.2. The maximum atomic E-state index is 12.8. The molecule has 0 saturated carbocycles. The molecule has 2 heterocycles. The number of halogens is 2. The summed E-state index contributed by atoms with van der Waals surface area (Å²) in [5, 5.41) is 11.5. The fourth-order valence-electron chi connectivity index (χ4n) is 3.38. The molecule has 128 valence electrons. The highest BCUT2D eigenvalue weighted by molar-refractivity contribution is 6.32. The summed E-state index contributed by atoms with van der Waals surface area (Å²) in [6.45, 7) is 1.03. The summed E-state index contributed by atoms with van der Waals surface area (Å²) in [6.07, 6.45) is 0.782. The van der Waals surface area contributed by atoms with E-state index >= 15 is 0 Å². The predicted octanol–water partition coefficient (Wildman–Crippen LogP) is 4.17. The van der Waals surface area contributed by atoms with Gasteiger partial charge in [0.2, 0.25) is 0 Å². The van der Waals surface area contributed by atoms with Crippen molar-refractivity contribution < 1.29 is 9.90 Å². The molecule has 0 atom stereocenters. The Morgan fingerprint density at radius 1 is 1.20 bits per heavy atom. The smallest absolute Gasteiger partial charge is 0.254 e. The van der Waals surface area contributed by atoms with Gasteiger partial charge in [0.05, 0.1) is 13.2 Å². The molecule has 0 aliphatic carbocycles. The minimum absolute atomic E-state index is 0.0614. The van der Waals surface area contributed by atoms with Gasteiger partial charge in [-0.2, -0.15) is 0 Å². The number of aromatic amines is 1. The number of aliphatic hydroxyl groups excluding tert-OH is 1. The lowest BCUT2D eigenvalue weighted by atomic mass is 10.0. The lowest BCUT2D eigenvalue weighted by molar-refractivity contribution is 0.0733. The molecule has 4 rings (SSSR count). The minimum Gasteiger partial charge on any atom is -0.392 e. The zero-order chi connectivity index (χ0) is 17.6. The van der Waals surface area contributed by atoms with Crippen molar-refractivity contribution in [3.8, 4) is 0 Å². The molecule has 0 bridgehead atoms. The molecule has 6 heteroatoms. The van der Waals surface area contributed by atoms with Gasteiger partial charge in [0, 0.05) is 38.8 Å². The zero-order valence-electron chi connectivity index (χ0n) is 13.4. The van der Waals surface area contributed by atoms with Gasteiger partial charge in [-0.25, -0.2) is 0 Å². The van der Waals surface area contributed by atoms with Gasteiger partial charge in [-0.1, -0.05) is 29.3 Å². The van der Waals surface area contributed by atoms with Crippen molar-refractivity contribution in [1.29, 1.82) is 0 Å². The van der Waals surface area contributed by atoms with E-state index in [1.807, 2.05) is 23.1 Å². The van der Waals surface area contributed by atoms with Gasteiger partial charge >= 0.3 is 0 Å². The molecular weight excluding hydrogens is 359 g/mol. The van der Waals surface area contributed by atoms with Crippen LogP contribution in [0.4, 0.5) is 0 Å². The molecule has 0 spiro atoms. The van der Waals surface area contributed by atoms with Crippen LogP contribution in [0.3, 0.4) is 0 Å². The summed E-state index contributed by atoms with van der Waals surface area (Å²) in [7, 11) is 0. The highest BCUT2D eigenvalue weighted by Gasteiger charge is 2.25. The summed E-state index contributed by atoms with van der Waals surface area (Å²) in [5.74, 6) is -0.0614. The van der Waals surface area contributed by atoms with E-state index in [2.05, 4.69) is 4.98 Å². The van der Waals surface area contributed by atoms with Crippen LogP contribution in [0.5, 0.6) is 0 Å². The van der Waals surface area contributed by atoms with Crippen LogP contribution < -0.4 is 0 Å². The second-order valence-corrected chi connectivity index (χ2v) is 7.06. The maximum absolute atomic E-state index is 12.8. The number of nitrogens with zero attached hydrogens (tertiary/aromatic N) is 1. The number of fused-ring (bicyclic) bond motifs is 3. The van der Waals surface area contributed by atoms with Crippen molar-refractivity contribution in [2.45, 2.75) is 19.6 Å². The number of hydrogen-bond acceptors (Lipinski definition) is 2. The van der Waals surface area contributed by atoms with Gasteiger partial charge in [0.1, 0.15) is 0 Å². The minimum atomic E-state index is -0.141. The number of rotatable bonds is 2. The number of carbonyl (C=O) groups excluding carboxylic acids is 1. The van der Waals surface area contributed by atoms with Crippen LogP contribution in [0.25, 0.3) is 10.9 Å². The van der Waals surface area contributed by atoms with Crippen molar-refractivity contribution in [3.05, 3.63) is 68.8 Å². The molecule has 1 amide bonds. The Hall–Kier alpha value is -2.01. The quantitative estimate of drug-likeness (QED) is 0.707. The van der Waals surface area contributed by atoms with E-state index in [0.29, 0.717) is 34.3 Å². The van der Waals surface area contributed by atoms with Crippen LogP contribution in [0.2, 0.25) is 10.0 Å². The molecule has 0 saturated heterocycles. The number of H-pyrrole nitrogens is 1. The monoisotopic (exact) mass is 374 g/mol. The summed E-state index contributed by atoms with van der Waals surface area (Å²) in [5.41, 5.74) is 4.47. The highest BCUT2D eigenvalue weighted by atomic mass is 35.5. The first-order chi connectivity index (χ1) is 12.1. The Bertz CT molecular complexity index is 981. The standard InChI is InChI=1S/C19H16Cl2N2O2/c20-13-3-4-17-15(8-13)14-5-6-23(9-18(14)22-17)19(25)11-1-2-12(10-24)16(21)7-11/h1-4,7-8,22,24H,5-6,9-10H2. The van der Waals surface area contributed by atoms with E-state index in [1.54, 1.807) is 18.2 Å². The molecule has 1 aromatic heterocycles. The molecule has 1 aliphatic rings. The van der Waals surface area contributed by atoms with E-state index in [4.69, 9.17) is 23.2 Å². The lowest BCUT2D eigenvalue weighted by Gasteiger charge is -2.27. The van der Waals surface area contributed by atoms with E-state index in [-0.39, 0.29) is 12.5 Å². The van der Waals surface area contributed by atoms with Crippen molar-refractivity contribution in [3.63, 3.8) is 0 Å². The molecule has 3 aromatic rings. The molecular formula is C19H16Cl2N2O2. The number of amides is 1. The number of aromatic nitrogens is 1. The summed E-state index contributed by atoms with van der Waals surface area (Å²) in [4.78, 5) is 18.0. The number of carbonyl (C=O) groups is 1. The molecule has 1 aliphatic heterocycles. The van der Waals surface area contributed by atoms with Crippen LogP contribution in [-0.2, 0) is 19.6 Å². The molecule has 2 aromatic carbocycles. The van der Waals surface area contributed by atoms with Crippen LogP contribution in [-0.4, -0.2) is 27.4 Å².